The number of carbonyl (C=O) groups excluding carboxylic acids is 1. The number of aliphatic hydroxyl groups is 1. The van der Waals surface area contributed by atoms with Crippen LogP contribution in [0, 0.1) is 0 Å². The lowest BCUT2D eigenvalue weighted by atomic mass is 9.94. The second kappa shape index (κ2) is 8.53. The highest BCUT2D eigenvalue weighted by Crippen LogP contribution is 2.47. The van der Waals surface area contributed by atoms with E-state index in [1.165, 1.54) is 34.3 Å². The topological polar surface area (TPSA) is 94.1 Å². The minimum absolute atomic E-state index is 0.182. The minimum atomic E-state index is -0.354. The first-order valence-electron chi connectivity index (χ1n) is 9.32. The van der Waals surface area contributed by atoms with Crippen LogP contribution in [-0.4, -0.2) is 32.3 Å². The SMILES string of the molecule is COc1c(CO)cc2c(c1OC)-c1ccc(OC)c(=O)cc1[C@@H](NC(C)=O)CC2. The number of methoxy groups -OCH3 is 3. The van der Waals surface area contributed by atoms with E-state index in [-0.39, 0.29) is 29.7 Å². The highest BCUT2D eigenvalue weighted by atomic mass is 16.5. The Labute approximate surface area is 169 Å². The Morgan fingerprint density at radius 2 is 1.86 bits per heavy atom. The molecule has 0 saturated heterocycles. The number of rotatable bonds is 5. The van der Waals surface area contributed by atoms with Crippen molar-refractivity contribution in [2.75, 3.05) is 21.3 Å². The molecule has 1 amide bonds. The van der Waals surface area contributed by atoms with Gasteiger partial charge in [-0.15, -0.1) is 0 Å². The van der Waals surface area contributed by atoms with E-state index in [1.54, 1.807) is 12.1 Å². The van der Waals surface area contributed by atoms with E-state index in [0.29, 0.717) is 35.5 Å². The Morgan fingerprint density at radius 3 is 2.45 bits per heavy atom. The number of carbonyl (C=O) groups is 1. The van der Waals surface area contributed by atoms with Crippen LogP contribution in [0.4, 0.5) is 0 Å². The molecule has 2 aromatic carbocycles. The maximum atomic E-state index is 12.6. The van der Waals surface area contributed by atoms with Crippen molar-refractivity contribution in [3.8, 4) is 28.4 Å². The molecular formula is C22H25NO6. The molecule has 0 saturated carbocycles. The van der Waals surface area contributed by atoms with Crippen LogP contribution in [0.3, 0.4) is 0 Å². The van der Waals surface area contributed by atoms with E-state index >= 15 is 0 Å². The number of benzene rings is 1. The molecule has 154 valence electrons. The van der Waals surface area contributed by atoms with E-state index < -0.39 is 0 Å². The number of ether oxygens (including phenoxy) is 3. The van der Waals surface area contributed by atoms with Gasteiger partial charge in [0.2, 0.25) is 11.3 Å². The lowest BCUT2D eigenvalue weighted by Crippen LogP contribution is -2.26. The number of nitrogens with one attached hydrogen (secondary N) is 1. The monoisotopic (exact) mass is 399 g/mol. The van der Waals surface area contributed by atoms with Crippen molar-refractivity contribution in [2.24, 2.45) is 0 Å². The summed E-state index contributed by atoms with van der Waals surface area (Å²) in [4.78, 5) is 24.5. The molecule has 29 heavy (non-hydrogen) atoms. The van der Waals surface area contributed by atoms with Crippen LogP contribution in [0.2, 0.25) is 0 Å². The third-order valence-electron chi connectivity index (χ3n) is 5.16. The Morgan fingerprint density at radius 1 is 1.14 bits per heavy atom. The Kier molecular flexibility index (Phi) is 6.08. The highest BCUT2D eigenvalue weighted by molar-refractivity contribution is 5.82. The molecule has 2 aromatic rings. The van der Waals surface area contributed by atoms with Gasteiger partial charge in [0.1, 0.15) is 0 Å². The van der Waals surface area contributed by atoms with Gasteiger partial charge in [-0.2, -0.15) is 0 Å². The summed E-state index contributed by atoms with van der Waals surface area (Å²) in [5, 5.41) is 12.7. The molecule has 0 fully saturated rings. The van der Waals surface area contributed by atoms with Gasteiger partial charge >= 0.3 is 0 Å². The summed E-state index contributed by atoms with van der Waals surface area (Å²) >= 11 is 0. The van der Waals surface area contributed by atoms with Gasteiger partial charge in [-0.25, -0.2) is 0 Å². The number of fused-ring (bicyclic) bond motifs is 3. The number of aryl methyl sites for hydroxylation is 1. The van der Waals surface area contributed by atoms with Gasteiger partial charge in [0.25, 0.3) is 0 Å². The van der Waals surface area contributed by atoms with Gasteiger partial charge in [0, 0.05) is 18.1 Å². The van der Waals surface area contributed by atoms with Crippen LogP contribution in [0.1, 0.15) is 36.1 Å². The van der Waals surface area contributed by atoms with Crippen LogP contribution in [0.5, 0.6) is 17.2 Å². The third kappa shape index (κ3) is 3.78. The van der Waals surface area contributed by atoms with Gasteiger partial charge in [0.05, 0.1) is 34.0 Å². The largest absolute Gasteiger partial charge is 0.493 e. The minimum Gasteiger partial charge on any atom is -0.493 e. The Bertz CT molecular complexity index is 1000. The van der Waals surface area contributed by atoms with E-state index in [0.717, 1.165) is 16.7 Å². The summed E-state index contributed by atoms with van der Waals surface area (Å²) in [6.07, 6.45) is 1.21. The number of hydrogen-bond acceptors (Lipinski definition) is 6. The van der Waals surface area contributed by atoms with Crippen molar-refractivity contribution in [1.29, 1.82) is 0 Å². The summed E-state index contributed by atoms with van der Waals surface area (Å²) in [7, 11) is 4.50. The first kappa shape index (κ1) is 20.7. The fraction of sp³-hybridized carbons (Fsp3) is 0.364. The molecule has 3 rings (SSSR count). The molecule has 0 aromatic heterocycles. The summed E-state index contributed by atoms with van der Waals surface area (Å²) in [5.41, 5.74) is 3.50. The smallest absolute Gasteiger partial charge is 0.220 e. The normalized spacial score (nSPS) is 14.9. The molecule has 0 heterocycles. The van der Waals surface area contributed by atoms with Crippen LogP contribution in [0.15, 0.2) is 29.1 Å². The van der Waals surface area contributed by atoms with E-state index in [2.05, 4.69) is 5.32 Å². The van der Waals surface area contributed by atoms with Crippen molar-refractivity contribution in [3.63, 3.8) is 0 Å². The summed E-state index contributed by atoms with van der Waals surface area (Å²) in [6, 6.07) is 6.46. The lowest BCUT2D eigenvalue weighted by molar-refractivity contribution is -0.119. The van der Waals surface area contributed by atoms with Crippen molar-refractivity contribution in [2.45, 2.75) is 32.4 Å². The van der Waals surface area contributed by atoms with Crippen LogP contribution < -0.4 is 25.0 Å². The second-order valence-corrected chi connectivity index (χ2v) is 6.87. The van der Waals surface area contributed by atoms with Crippen molar-refractivity contribution in [1.82, 2.24) is 5.32 Å². The molecule has 0 spiro atoms. The number of aliphatic hydroxyl groups excluding tert-OH is 1. The van der Waals surface area contributed by atoms with Crippen molar-refractivity contribution in [3.05, 3.63) is 51.2 Å². The van der Waals surface area contributed by atoms with Crippen molar-refractivity contribution >= 4 is 5.91 Å². The Hall–Kier alpha value is -3.06. The average Bonchev–Trinajstić information content (AvgIpc) is 2.95. The first-order valence-corrected chi connectivity index (χ1v) is 9.32. The fourth-order valence-corrected chi connectivity index (χ4v) is 3.94. The van der Waals surface area contributed by atoms with E-state index in [1.807, 2.05) is 6.07 Å². The summed E-state index contributed by atoms with van der Waals surface area (Å²) in [5.74, 6) is 0.951. The molecule has 0 bridgehead atoms. The zero-order valence-electron chi connectivity index (χ0n) is 17.0. The summed E-state index contributed by atoms with van der Waals surface area (Å²) in [6.45, 7) is 1.25. The zero-order chi connectivity index (χ0) is 21.1. The number of hydrogen-bond donors (Lipinski definition) is 2. The fourth-order valence-electron chi connectivity index (χ4n) is 3.94. The molecule has 0 radical (unpaired) electrons. The Balaban J connectivity index is 2.41. The van der Waals surface area contributed by atoms with Gasteiger partial charge in [-0.1, -0.05) is 6.07 Å². The first-order chi connectivity index (χ1) is 13.9. The van der Waals surface area contributed by atoms with E-state index in [9.17, 15) is 14.7 Å². The van der Waals surface area contributed by atoms with Crippen molar-refractivity contribution < 1.29 is 24.1 Å². The van der Waals surface area contributed by atoms with Gasteiger partial charge in [-0.05, 0) is 47.7 Å². The van der Waals surface area contributed by atoms with Crippen LogP contribution in [0.25, 0.3) is 11.1 Å². The van der Waals surface area contributed by atoms with Gasteiger partial charge < -0.3 is 24.6 Å². The molecule has 0 aliphatic heterocycles. The quantitative estimate of drug-likeness (QED) is 0.802. The maximum absolute atomic E-state index is 12.6. The van der Waals surface area contributed by atoms with Crippen LogP contribution >= 0.6 is 0 Å². The third-order valence-corrected chi connectivity index (χ3v) is 5.16. The molecule has 1 aliphatic rings. The molecule has 7 heteroatoms. The molecule has 0 unspecified atom stereocenters. The summed E-state index contributed by atoms with van der Waals surface area (Å²) < 4.78 is 16.4. The second-order valence-electron chi connectivity index (χ2n) is 6.87. The predicted molar refractivity (Wildman–Crippen MR) is 109 cm³/mol. The molecule has 7 nitrogen and oxygen atoms in total. The van der Waals surface area contributed by atoms with E-state index in [4.69, 9.17) is 14.2 Å². The molecule has 1 atom stereocenters. The standard InChI is InChI=1S/C22H25NO6/c1-12(25)23-17-7-5-13-9-14(11-24)21(28-3)22(29-4)20(13)15-6-8-19(27-2)18(26)10-16(15)17/h6,8-10,17,24H,5,7,11H2,1-4H3,(H,23,25)/t17-/m0/s1. The van der Waals surface area contributed by atoms with Crippen LogP contribution in [-0.2, 0) is 17.8 Å². The lowest BCUT2D eigenvalue weighted by Gasteiger charge is -2.19. The molecular weight excluding hydrogens is 374 g/mol. The highest BCUT2D eigenvalue weighted by Gasteiger charge is 2.28. The molecule has 2 N–H and O–H groups in total. The zero-order valence-corrected chi connectivity index (χ0v) is 17.0. The number of amides is 1. The molecule has 1 aliphatic carbocycles. The average molecular weight is 399 g/mol. The van der Waals surface area contributed by atoms with Gasteiger partial charge in [-0.3, -0.25) is 9.59 Å². The predicted octanol–water partition coefficient (Wildman–Crippen LogP) is 2.36. The maximum Gasteiger partial charge on any atom is 0.220 e. The van der Waals surface area contributed by atoms with Gasteiger partial charge in [0.15, 0.2) is 17.2 Å².